The number of benzene rings is 1. The third-order valence-electron chi connectivity index (χ3n) is 3.30. The number of thiophene rings is 1. The number of alkyl halides is 3. The zero-order valence-corrected chi connectivity index (χ0v) is 14.9. The fraction of sp³-hybridized carbons (Fsp3) is 0.176. The molecule has 0 aliphatic carbocycles. The summed E-state index contributed by atoms with van der Waals surface area (Å²) in [6, 6.07) is 9.58. The second-order valence-electron chi connectivity index (χ2n) is 5.23. The minimum atomic E-state index is -4.78. The number of para-hydroxylation sites is 1. The fourth-order valence-corrected chi connectivity index (χ4v) is 3.83. The lowest BCUT2D eigenvalue weighted by atomic mass is 10.2. The molecule has 3 rings (SSSR count). The van der Waals surface area contributed by atoms with Crippen LogP contribution in [0.2, 0.25) is 0 Å². The molecule has 26 heavy (non-hydrogen) atoms. The number of rotatable bonds is 6. The lowest BCUT2D eigenvalue weighted by molar-refractivity contribution is -0.274. The second-order valence-corrected chi connectivity index (χ2v) is 7.04. The molecule has 0 spiro atoms. The zero-order chi connectivity index (χ0) is 18.6. The van der Waals surface area contributed by atoms with Crippen LogP contribution in [-0.4, -0.2) is 17.3 Å². The van der Waals surface area contributed by atoms with E-state index < -0.39 is 6.36 Å². The Morgan fingerprint density at radius 1 is 1.15 bits per heavy atom. The number of ether oxygens (including phenoxy) is 1. The highest BCUT2D eigenvalue weighted by atomic mass is 32.1. The van der Waals surface area contributed by atoms with Crippen LogP contribution in [0.25, 0.3) is 9.88 Å². The first-order chi connectivity index (χ1) is 12.4. The molecule has 0 saturated heterocycles. The number of thiazole rings is 1. The van der Waals surface area contributed by atoms with Gasteiger partial charge in [0.1, 0.15) is 10.8 Å². The largest absolute Gasteiger partial charge is 0.573 e. The number of aromatic nitrogens is 1. The van der Waals surface area contributed by atoms with Gasteiger partial charge in [-0.2, -0.15) is 0 Å². The molecule has 2 aromatic heterocycles. The predicted molar refractivity (Wildman–Crippen MR) is 94.1 cm³/mol. The van der Waals surface area contributed by atoms with Crippen molar-refractivity contribution in [1.29, 1.82) is 0 Å². The molecule has 1 N–H and O–H groups in total. The SMILES string of the molecule is O=C(Cc1csc(-c2cccs2)n1)NCc1ccccc1OC(F)(F)F. The van der Waals surface area contributed by atoms with Crippen molar-refractivity contribution in [2.24, 2.45) is 0 Å². The molecule has 0 radical (unpaired) electrons. The highest BCUT2D eigenvalue weighted by molar-refractivity contribution is 7.20. The van der Waals surface area contributed by atoms with Crippen molar-refractivity contribution in [3.63, 3.8) is 0 Å². The number of amides is 1. The molecule has 0 fully saturated rings. The number of halogens is 3. The van der Waals surface area contributed by atoms with Gasteiger partial charge in [0.25, 0.3) is 0 Å². The number of nitrogens with zero attached hydrogens (tertiary/aromatic N) is 1. The monoisotopic (exact) mass is 398 g/mol. The maximum atomic E-state index is 12.4. The van der Waals surface area contributed by atoms with E-state index in [2.05, 4.69) is 15.0 Å². The summed E-state index contributed by atoms with van der Waals surface area (Å²) in [5, 5.41) is 7.19. The van der Waals surface area contributed by atoms with Crippen molar-refractivity contribution in [1.82, 2.24) is 10.3 Å². The molecule has 1 aromatic carbocycles. The first kappa shape index (κ1) is 18.4. The average molecular weight is 398 g/mol. The van der Waals surface area contributed by atoms with Crippen LogP contribution in [0.4, 0.5) is 13.2 Å². The number of nitrogens with one attached hydrogen (secondary N) is 1. The molecule has 2 heterocycles. The third kappa shape index (κ3) is 5.06. The Kier molecular flexibility index (Phi) is 5.58. The van der Waals surface area contributed by atoms with Crippen LogP contribution in [0.1, 0.15) is 11.3 Å². The normalized spacial score (nSPS) is 11.3. The van der Waals surface area contributed by atoms with Crippen molar-refractivity contribution in [2.75, 3.05) is 0 Å². The van der Waals surface area contributed by atoms with E-state index in [0.29, 0.717) is 5.69 Å². The van der Waals surface area contributed by atoms with Crippen molar-refractivity contribution < 1.29 is 22.7 Å². The number of carbonyl (C=O) groups is 1. The van der Waals surface area contributed by atoms with Gasteiger partial charge in [-0.05, 0) is 17.5 Å². The van der Waals surface area contributed by atoms with E-state index in [1.165, 1.54) is 29.5 Å². The maximum Gasteiger partial charge on any atom is 0.573 e. The van der Waals surface area contributed by atoms with Gasteiger partial charge in [0.15, 0.2) is 0 Å². The Morgan fingerprint density at radius 2 is 1.96 bits per heavy atom. The first-order valence-electron chi connectivity index (χ1n) is 7.49. The molecule has 4 nitrogen and oxygen atoms in total. The van der Waals surface area contributed by atoms with Crippen LogP contribution in [-0.2, 0) is 17.8 Å². The Labute approximate surface area is 155 Å². The van der Waals surface area contributed by atoms with Gasteiger partial charge in [0, 0.05) is 17.5 Å². The van der Waals surface area contributed by atoms with E-state index in [9.17, 15) is 18.0 Å². The van der Waals surface area contributed by atoms with Gasteiger partial charge in [-0.1, -0.05) is 24.3 Å². The highest BCUT2D eigenvalue weighted by Crippen LogP contribution is 2.28. The number of hydrogen-bond acceptors (Lipinski definition) is 5. The standard InChI is InChI=1S/C17H13F3N2O2S2/c18-17(19,20)24-13-5-2-1-4-11(13)9-21-15(23)8-12-10-26-16(22-12)14-6-3-7-25-14/h1-7,10H,8-9H2,(H,21,23). The summed E-state index contributed by atoms with van der Waals surface area (Å²) >= 11 is 3.01. The maximum absolute atomic E-state index is 12.4. The molecule has 0 unspecified atom stereocenters. The topological polar surface area (TPSA) is 51.2 Å². The average Bonchev–Trinajstić information content (AvgIpc) is 3.23. The summed E-state index contributed by atoms with van der Waals surface area (Å²) in [6.07, 6.45) is -4.72. The Bertz CT molecular complexity index is 876. The Morgan fingerprint density at radius 3 is 2.69 bits per heavy atom. The van der Waals surface area contributed by atoms with Gasteiger partial charge < -0.3 is 10.1 Å². The first-order valence-corrected chi connectivity index (χ1v) is 9.25. The van der Waals surface area contributed by atoms with Crippen molar-refractivity contribution in [3.8, 4) is 15.6 Å². The lowest BCUT2D eigenvalue weighted by Gasteiger charge is -2.13. The fourth-order valence-electron chi connectivity index (χ4n) is 2.20. The Hall–Kier alpha value is -2.39. The zero-order valence-electron chi connectivity index (χ0n) is 13.2. The van der Waals surface area contributed by atoms with E-state index in [4.69, 9.17) is 0 Å². The van der Waals surface area contributed by atoms with Crippen molar-refractivity contribution in [2.45, 2.75) is 19.3 Å². The predicted octanol–water partition coefficient (Wildman–Crippen LogP) is 4.63. The van der Waals surface area contributed by atoms with Gasteiger partial charge in [0.05, 0.1) is 17.0 Å². The van der Waals surface area contributed by atoms with Gasteiger partial charge in [0.2, 0.25) is 5.91 Å². The molecule has 3 aromatic rings. The summed E-state index contributed by atoms with van der Waals surface area (Å²) < 4.78 is 41.2. The third-order valence-corrected chi connectivity index (χ3v) is 5.23. The summed E-state index contributed by atoms with van der Waals surface area (Å²) in [6.45, 7) is -0.0625. The van der Waals surface area contributed by atoms with Gasteiger partial charge >= 0.3 is 6.36 Å². The van der Waals surface area contributed by atoms with Crippen LogP contribution < -0.4 is 10.1 Å². The molecule has 0 aliphatic rings. The minimum absolute atomic E-state index is 0.0597. The van der Waals surface area contributed by atoms with Gasteiger partial charge in [-0.25, -0.2) is 4.98 Å². The van der Waals surface area contributed by atoms with Gasteiger partial charge in [-0.15, -0.1) is 35.8 Å². The van der Waals surface area contributed by atoms with Crippen molar-refractivity contribution >= 4 is 28.6 Å². The van der Waals surface area contributed by atoms with E-state index in [0.717, 1.165) is 9.88 Å². The van der Waals surface area contributed by atoms with Crippen LogP contribution in [0.5, 0.6) is 5.75 Å². The summed E-state index contributed by atoms with van der Waals surface area (Å²) in [5.41, 5.74) is 0.867. The van der Waals surface area contributed by atoms with Crippen molar-refractivity contribution in [3.05, 3.63) is 58.4 Å². The summed E-state index contributed by atoms with van der Waals surface area (Å²) in [7, 11) is 0. The van der Waals surface area contributed by atoms with E-state index in [1.54, 1.807) is 22.8 Å². The molecule has 9 heteroatoms. The molecular weight excluding hydrogens is 385 g/mol. The van der Waals surface area contributed by atoms with Crippen LogP contribution in [0, 0.1) is 0 Å². The Balaban J connectivity index is 1.58. The van der Waals surface area contributed by atoms with Crippen LogP contribution >= 0.6 is 22.7 Å². The minimum Gasteiger partial charge on any atom is -0.405 e. The molecule has 1 amide bonds. The summed E-state index contributed by atoms with van der Waals surface area (Å²) in [5.74, 6) is -0.649. The molecular formula is C17H13F3N2O2S2. The molecule has 0 atom stereocenters. The van der Waals surface area contributed by atoms with E-state index in [1.807, 2.05) is 17.5 Å². The molecule has 0 bridgehead atoms. The quantitative estimate of drug-likeness (QED) is 0.659. The highest BCUT2D eigenvalue weighted by Gasteiger charge is 2.31. The van der Waals surface area contributed by atoms with Crippen LogP contribution in [0.15, 0.2) is 47.2 Å². The molecule has 0 aliphatic heterocycles. The lowest BCUT2D eigenvalue weighted by Crippen LogP contribution is -2.25. The van der Waals surface area contributed by atoms with Gasteiger partial charge in [-0.3, -0.25) is 4.79 Å². The number of hydrogen-bond donors (Lipinski definition) is 1. The van der Waals surface area contributed by atoms with E-state index >= 15 is 0 Å². The van der Waals surface area contributed by atoms with Crippen LogP contribution in [0.3, 0.4) is 0 Å². The summed E-state index contributed by atoms with van der Waals surface area (Å²) in [4.78, 5) is 17.5. The van der Waals surface area contributed by atoms with E-state index in [-0.39, 0.29) is 30.2 Å². The second kappa shape index (κ2) is 7.88. The smallest absolute Gasteiger partial charge is 0.405 e. The molecule has 136 valence electrons. The molecule has 0 saturated carbocycles. The number of carbonyl (C=O) groups excluding carboxylic acids is 1.